The van der Waals surface area contributed by atoms with E-state index in [1.54, 1.807) is 31.4 Å². The van der Waals surface area contributed by atoms with Crippen LogP contribution in [-0.2, 0) is 9.59 Å². The van der Waals surface area contributed by atoms with E-state index in [0.29, 0.717) is 17.0 Å². The van der Waals surface area contributed by atoms with E-state index in [1.165, 1.54) is 4.90 Å². The van der Waals surface area contributed by atoms with Crippen LogP contribution in [0.4, 0.5) is 5.69 Å². The number of rotatable bonds is 4. The second kappa shape index (κ2) is 8.11. The third kappa shape index (κ3) is 3.59. The molecule has 0 radical (unpaired) electrons. The number of carbonyl (C=O) groups is 2. The lowest BCUT2D eigenvalue weighted by Crippen LogP contribution is -2.30. The molecule has 0 bridgehead atoms. The molecule has 5 nitrogen and oxygen atoms in total. The summed E-state index contributed by atoms with van der Waals surface area (Å²) in [5.74, 6) is -0.935. The second-order valence-electron chi connectivity index (χ2n) is 7.60. The molecule has 1 aliphatic rings. The average molecular weight is 413 g/mol. The van der Waals surface area contributed by atoms with E-state index in [-0.39, 0.29) is 11.3 Å². The zero-order chi connectivity index (χ0) is 22.1. The number of amides is 1. The number of nitrogens with zero attached hydrogens (tertiary/aromatic N) is 1. The molecule has 1 atom stereocenters. The second-order valence-corrected chi connectivity index (χ2v) is 7.60. The fraction of sp³-hybridized carbons (Fsp3) is 0.154. The topological polar surface area (TPSA) is 66.8 Å². The molecule has 1 unspecified atom stereocenters. The summed E-state index contributed by atoms with van der Waals surface area (Å²) in [7, 11) is 1.56. The molecule has 1 fully saturated rings. The molecule has 0 spiro atoms. The maximum atomic E-state index is 13.2. The number of ether oxygens (including phenoxy) is 1. The summed E-state index contributed by atoms with van der Waals surface area (Å²) in [5.41, 5.74) is 3.77. The van der Waals surface area contributed by atoms with Crippen molar-refractivity contribution in [2.75, 3.05) is 12.0 Å². The molecule has 3 aromatic rings. The van der Waals surface area contributed by atoms with Crippen molar-refractivity contribution in [3.63, 3.8) is 0 Å². The molecule has 0 aromatic heterocycles. The molecule has 1 heterocycles. The smallest absolute Gasteiger partial charge is 0.300 e. The fourth-order valence-corrected chi connectivity index (χ4v) is 3.92. The van der Waals surface area contributed by atoms with Gasteiger partial charge in [-0.15, -0.1) is 0 Å². The highest BCUT2D eigenvalue weighted by Gasteiger charge is 2.47. The van der Waals surface area contributed by atoms with Crippen molar-refractivity contribution in [2.45, 2.75) is 19.9 Å². The van der Waals surface area contributed by atoms with Gasteiger partial charge in [0, 0.05) is 11.3 Å². The number of aliphatic hydroxyl groups is 1. The number of hydrogen-bond donors (Lipinski definition) is 1. The van der Waals surface area contributed by atoms with E-state index in [1.807, 2.05) is 62.4 Å². The van der Waals surface area contributed by atoms with Gasteiger partial charge in [-0.05, 0) is 60.9 Å². The van der Waals surface area contributed by atoms with Crippen LogP contribution in [0.1, 0.15) is 28.3 Å². The van der Waals surface area contributed by atoms with Crippen molar-refractivity contribution in [2.24, 2.45) is 0 Å². The van der Waals surface area contributed by atoms with Gasteiger partial charge in [0.1, 0.15) is 11.5 Å². The first-order valence-electron chi connectivity index (χ1n) is 10.00. The van der Waals surface area contributed by atoms with Gasteiger partial charge in [-0.3, -0.25) is 14.5 Å². The van der Waals surface area contributed by atoms with E-state index >= 15 is 0 Å². The average Bonchev–Trinajstić information content (AvgIpc) is 3.06. The Kier molecular flexibility index (Phi) is 5.34. The molecule has 31 heavy (non-hydrogen) atoms. The molecule has 1 saturated heterocycles. The zero-order valence-electron chi connectivity index (χ0n) is 17.6. The summed E-state index contributed by atoms with van der Waals surface area (Å²) in [5, 5.41) is 11.1. The molecule has 5 heteroatoms. The quantitative estimate of drug-likeness (QED) is 0.374. The highest BCUT2D eigenvalue weighted by atomic mass is 16.5. The molecular formula is C26H23NO4. The Hall–Kier alpha value is -3.86. The van der Waals surface area contributed by atoms with Crippen molar-refractivity contribution in [3.05, 3.63) is 101 Å². The Morgan fingerprint density at radius 1 is 0.935 bits per heavy atom. The van der Waals surface area contributed by atoms with Crippen LogP contribution >= 0.6 is 0 Å². The van der Waals surface area contributed by atoms with E-state index < -0.39 is 17.7 Å². The summed E-state index contributed by atoms with van der Waals surface area (Å²) in [4.78, 5) is 27.9. The number of aryl methyl sites for hydroxylation is 2. The zero-order valence-corrected chi connectivity index (χ0v) is 17.6. The summed E-state index contributed by atoms with van der Waals surface area (Å²) >= 11 is 0. The third-order valence-electron chi connectivity index (χ3n) is 5.55. The Labute approximate surface area is 181 Å². The van der Waals surface area contributed by atoms with Crippen LogP contribution in [0.15, 0.2) is 78.4 Å². The first kappa shape index (κ1) is 20.4. The van der Waals surface area contributed by atoms with Gasteiger partial charge in [0.15, 0.2) is 0 Å². The standard InChI is InChI=1S/C26H23NO4/c1-16-9-10-17(2)21(15-16)27-23(18-7-5-4-6-8-18)22(25(29)26(27)30)24(28)19-11-13-20(31-3)14-12-19/h4-15,23,28H,1-3H3/b24-22+. The molecular weight excluding hydrogens is 390 g/mol. The first-order valence-corrected chi connectivity index (χ1v) is 10.00. The lowest BCUT2D eigenvalue weighted by Gasteiger charge is -2.27. The largest absolute Gasteiger partial charge is 0.507 e. The van der Waals surface area contributed by atoms with Crippen molar-refractivity contribution in [1.29, 1.82) is 0 Å². The normalized spacial score (nSPS) is 17.8. The minimum absolute atomic E-state index is 0.0715. The van der Waals surface area contributed by atoms with Gasteiger partial charge in [-0.2, -0.15) is 0 Å². The van der Waals surface area contributed by atoms with Gasteiger partial charge in [0.2, 0.25) is 0 Å². The summed E-state index contributed by atoms with van der Waals surface area (Å²) < 4.78 is 5.18. The van der Waals surface area contributed by atoms with E-state index in [0.717, 1.165) is 16.7 Å². The number of ketones is 1. The predicted octanol–water partition coefficient (Wildman–Crippen LogP) is 4.94. The molecule has 4 rings (SSSR count). The molecule has 1 amide bonds. The number of hydrogen-bond acceptors (Lipinski definition) is 4. The molecule has 156 valence electrons. The maximum absolute atomic E-state index is 13.2. The number of Topliss-reactive ketones (excluding diaryl/α,β-unsaturated/α-hetero) is 1. The maximum Gasteiger partial charge on any atom is 0.300 e. The van der Waals surface area contributed by atoms with Gasteiger partial charge in [-0.1, -0.05) is 42.5 Å². The molecule has 0 saturated carbocycles. The number of benzene rings is 3. The van der Waals surface area contributed by atoms with Gasteiger partial charge in [0.25, 0.3) is 11.7 Å². The van der Waals surface area contributed by atoms with Crippen LogP contribution in [0, 0.1) is 13.8 Å². The lowest BCUT2D eigenvalue weighted by molar-refractivity contribution is -0.132. The van der Waals surface area contributed by atoms with Crippen molar-refractivity contribution in [3.8, 4) is 5.75 Å². The minimum atomic E-state index is -0.733. The SMILES string of the molecule is COc1ccc(/C(O)=C2\C(=O)C(=O)N(c3cc(C)ccc3C)C2c2ccccc2)cc1. The van der Waals surface area contributed by atoms with Crippen LogP contribution in [0.5, 0.6) is 5.75 Å². The van der Waals surface area contributed by atoms with Gasteiger partial charge in [-0.25, -0.2) is 0 Å². The van der Waals surface area contributed by atoms with Gasteiger partial charge in [0.05, 0.1) is 18.7 Å². The van der Waals surface area contributed by atoms with Crippen LogP contribution in [0.3, 0.4) is 0 Å². The van der Waals surface area contributed by atoms with Crippen LogP contribution in [0.2, 0.25) is 0 Å². The monoisotopic (exact) mass is 413 g/mol. The lowest BCUT2D eigenvalue weighted by atomic mass is 9.95. The van der Waals surface area contributed by atoms with E-state index in [9.17, 15) is 14.7 Å². The number of anilines is 1. The minimum Gasteiger partial charge on any atom is -0.507 e. The summed E-state index contributed by atoms with van der Waals surface area (Å²) in [6, 6.07) is 21.1. The number of methoxy groups -OCH3 is 1. The van der Waals surface area contributed by atoms with Gasteiger partial charge >= 0.3 is 0 Å². The van der Waals surface area contributed by atoms with Crippen molar-refractivity contribution >= 4 is 23.1 Å². The van der Waals surface area contributed by atoms with Gasteiger partial charge < -0.3 is 9.84 Å². The van der Waals surface area contributed by atoms with E-state index in [2.05, 4.69) is 0 Å². The van der Waals surface area contributed by atoms with Crippen molar-refractivity contribution < 1.29 is 19.4 Å². The first-order chi connectivity index (χ1) is 14.9. The van der Waals surface area contributed by atoms with Crippen molar-refractivity contribution in [1.82, 2.24) is 0 Å². The Bertz CT molecular complexity index is 1180. The highest BCUT2D eigenvalue weighted by Crippen LogP contribution is 2.43. The number of aliphatic hydroxyl groups excluding tert-OH is 1. The Balaban J connectivity index is 1.94. The fourth-order valence-electron chi connectivity index (χ4n) is 3.92. The van der Waals surface area contributed by atoms with Crippen LogP contribution < -0.4 is 9.64 Å². The molecule has 1 aliphatic heterocycles. The van der Waals surface area contributed by atoms with Crippen LogP contribution in [0.25, 0.3) is 5.76 Å². The molecule has 0 aliphatic carbocycles. The Morgan fingerprint density at radius 3 is 2.26 bits per heavy atom. The van der Waals surface area contributed by atoms with Crippen LogP contribution in [-0.4, -0.2) is 23.9 Å². The van der Waals surface area contributed by atoms with E-state index in [4.69, 9.17) is 4.74 Å². The summed E-state index contributed by atoms with van der Waals surface area (Å²) in [6.07, 6.45) is 0. The third-order valence-corrected chi connectivity index (χ3v) is 5.55. The predicted molar refractivity (Wildman–Crippen MR) is 120 cm³/mol. The molecule has 1 N–H and O–H groups in total. The molecule has 3 aromatic carbocycles. The number of carbonyl (C=O) groups excluding carboxylic acids is 2. The summed E-state index contributed by atoms with van der Waals surface area (Å²) in [6.45, 7) is 3.84. The Morgan fingerprint density at radius 2 is 1.61 bits per heavy atom. The highest BCUT2D eigenvalue weighted by molar-refractivity contribution is 6.51.